The average molecular weight is 421 g/mol. The highest BCUT2D eigenvalue weighted by atomic mass is 32.1. The van der Waals surface area contributed by atoms with Gasteiger partial charge in [-0.3, -0.25) is 4.98 Å². The van der Waals surface area contributed by atoms with E-state index in [0.29, 0.717) is 5.82 Å². The molecule has 154 valence electrons. The summed E-state index contributed by atoms with van der Waals surface area (Å²) in [5.41, 5.74) is 2.08. The first-order valence-corrected chi connectivity index (χ1v) is 10.7. The third-order valence-electron chi connectivity index (χ3n) is 4.87. The Morgan fingerprint density at radius 2 is 1.90 bits per heavy atom. The highest BCUT2D eigenvalue weighted by molar-refractivity contribution is 7.18. The molecule has 0 radical (unpaired) electrons. The second-order valence-corrected chi connectivity index (χ2v) is 7.90. The molecule has 0 spiro atoms. The number of aryl methyl sites for hydroxylation is 1. The minimum Gasteiger partial charge on any atom is -0.493 e. The minimum absolute atomic E-state index is 0.689. The van der Waals surface area contributed by atoms with E-state index in [0.717, 1.165) is 58.0 Å². The fourth-order valence-corrected chi connectivity index (χ4v) is 4.23. The second-order valence-electron chi connectivity index (χ2n) is 6.79. The molecule has 0 fully saturated rings. The van der Waals surface area contributed by atoms with Gasteiger partial charge in [-0.15, -0.1) is 11.3 Å². The summed E-state index contributed by atoms with van der Waals surface area (Å²) in [6.45, 7) is 2.90. The van der Waals surface area contributed by atoms with Crippen LogP contribution in [0.1, 0.15) is 17.4 Å². The molecule has 7 heteroatoms. The molecule has 4 aromatic rings. The van der Waals surface area contributed by atoms with E-state index in [4.69, 9.17) is 19.4 Å². The molecule has 0 aliphatic heterocycles. The fraction of sp³-hybridized carbons (Fsp3) is 0.261. The van der Waals surface area contributed by atoms with E-state index in [-0.39, 0.29) is 0 Å². The number of rotatable bonds is 8. The molecule has 0 saturated carbocycles. The quantitative estimate of drug-likeness (QED) is 0.433. The normalized spacial score (nSPS) is 10.9. The van der Waals surface area contributed by atoms with Crippen molar-refractivity contribution >= 4 is 27.4 Å². The Labute approximate surface area is 179 Å². The van der Waals surface area contributed by atoms with Gasteiger partial charge in [0.05, 0.1) is 19.6 Å². The van der Waals surface area contributed by atoms with Crippen LogP contribution >= 0.6 is 11.3 Å². The zero-order valence-corrected chi connectivity index (χ0v) is 18.1. The van der Waals surface area contributed by atoms with Crippen LogP contribution in [0.2, 0.25) is 0 Å². The number of hydrogen-bond acceptors (Lipinski definition) is 7. The lowest BCUT2D eigenvalue weighted by molar-refractivity contribution is 0.354. The molecule has 6 nitrogen and oxygen atoms in total. The van der Waals surface area contributed by atoms with E-state index in [9.17, 15) is 0 Å². The van der Waals surface area contributed by atoms with Gasteiger partial charge in [-0.05, 0) is 48.7 Å². The molecule has 4 rings (SSSR count). The molecular weight excluding hydrogens is 396 g/mol. The van der Waals surface area contributed by atoms with Crippen LogP contribution in [0.5, 0.6) is 11.5 Å². The van der Waals surface area contributed by atoms with Crippen molar-refractivity contribution in [1.29, 1.82) is 0 Å². The first-order chi connectivity index (χ1) is 14.7. The van der Waals surface area contributed by atoms with Gasteiger partial charge in [0, 0.05) is 29.4 Å². The molecule has 0 aliphatic carbocycles. The molecule has 0 atom stereocenters. The summed E-state index contributed by atoms with van der Waals surface area (Å²) in [5, 5.41) is 4.58. The van der Waals surface area contributed by atoms with Crippen LogP contribution in [-0.4, -0.2) is 35.7 Å². The van der Waals surface area contributed by atoms with Crippen molar-refractivity contribution in [3.05, 3.63) is 59.2 Å². The van der Waals surface area contributed by atoms with Crippen molar-refractivity contribution in [1.82, 2.24) is 15.0 Å². The van der Waals surface area contributed by atoms with Crippen LogP contribution < -0.4 is 14.8 Å². The number of hydrogen-bond donors (Lipinski definition) is 1. The maximum atomic E-state index is 5.41. The summed E-state index contributed by atoms with van der Waals surface area (Å²) in [6, 6.07) is 12.1. The first-order valence-electron chi connectivity index (χ1n) is 9.87. The number of benzene rings is 1. The van der Waals surface area contributed by atoms with Gasteiger partial charge < -0.3 is 14.8 Å². The molecule has 1 N–H and O–H groups in total. The number of anilines is 1. The van der Waals surface area contributed by atoms with E-state index in [1.54, 1.807) is 38.0 Å². The first kappa shape index (κ1) is 20.1. The fourth-order valence-electron chi connectivity index (χ4n) is 3.27. The molecule has 0 aliphatic rings. The van der Waals surface area contributed by atoms with Gasteiger partial charge in [-0.25, -0.2) is 9.97 Å². The molecular formula is C23H24N4O2S. The number of ether oxygens (including phenoxy) is 2. The number of aromatic nitrogens is 3. The van der Waals surface area contributed by atoms with E-state index in [1.165, 1.54) is 4.88 Å². The Morgan fingerprint density at radius 1 is 1.03 bits per heavy atom. The summed E-state index contributed by atoms with van der Waals surface area (Å²) in [5.74, 6) is 3.02. The van der Waals surface area contributed by atoms with Crippen LogP contribution in [0.15, 0.2) is 48.8 Å². The Bertz CT molecular complexity index is 1140. The highest BCUT2D eigenvalue weighted by Crippen LogP contribution is 2.32. The minimum atomic E-state index is 0.689. The molecule has 0 bridgehead atoms. The van der Waals surface area contributed by atoms with E-state index < -0.39 is 0 Å². The zero-order valence-electron chi connectivity index (χ0n) is 17.3. The van der Waals surface area contributed by atoms with Crippen LogP contribution in [0.3, 0.4) is 0 Å². The van der Waals surface area contributed by atoms with Gasteiger partial charge in [0.1, 0.15) is 10.6 Å². The average Bonchev–Trinajstić information content (AvgIpc) is 3.23. The summed E-state index contributed by atoms with van der Waals surface area (Å²) in [4.78, 5) is 16.1. The van der Waals surface area contributed by atoms with Crippen LogP contribution in [-0.2, 0) is 12.8 Å². The number of fused-ring (bicyclic) bond motifs is 1. The largest absolute Gasteiger partial charge is 0.493 e. The summed E-state index contributed by atoms with van der Waals surface area (Å²) < 4.78 is 10.7. The Balaban J connectivity index is 1.59. The van der Waals surface area contributed by atoms with Gasteiger partial charge in [0.15, 0.2) is 17.3 Å². The standard InChI is InChI=1S/C23H24N4O2S/c1-4-17-13-18-22(25-11-9-15-7-8-19(28-2)20(12-15)29-3)26-21(27-23(18)30-17)16-6-5-10-24-14-16/h5-8,10,12-14H,4,9,11H2,1-3H3,(H,25,26,27). The molecule has 0 unspecified atom stereocenters. The van der Waals surface area contributed by atoms with Crippen molar-refractivity contribution in [2.24, 2.45) is 0 Å². The molecule has 30 heavy (non-hydrogen) atoms. The van der Waals surface area contributed by atoms with Crippen molar-refractivity contribution in [3.63, 3.8) is 0 Å². The lowest BCUT2D eigenvalue weighted by Crippen LogP contribution is -2.08. The Morgan fingerprint density at radius 3 is 2.63 bits per heavy atom. The molecule has 0 amide bonds. The number of nitrogens with zero attached hydrogens (tertiary/aromatic N) is 3. The predicted molar refractivity (Wildman–Crippen MR) is 122 cm³/mol. The number of thiophene rings is 1. The van der Waals surface area contributed by atoms with Crippen molar-refractivity contribution in [2.75, 3.05) is 26.1 Å². The predicted octanol–water partition coefficient (Wildman–Crippen LogP) is 4.99. The molecule has 0 saturated heterocycles. The summed E-state index contributed by atoms with van der Waals surface area (Å²) in [6.07, 6.45) is 5.36. The van der Waals surface area contributed by atoms with Gasteiger partial charge >= 0.3 is 0 Å². The monoisotopic (exact) mass is 420 g/mol. The van der Waals surface area contributed by atoms with Crippen molar-refractivity contribution in [2.45, 2.75) is 19.8 Å². The summed E-state index contributed by atoms with van der Waals surface area (Å²) in [7, 11) is 3.30. The van der Waals surface area contributed by atoms with Crippen LogP contribution in [0, 0.1) is 0 Å². The number of nitrogens with one attached hydrogen (secondary N) is 1. The van der Waals surface area contributed by atoms with Crippen LogP contribution in [0.4, 0.5) is 5.82 Å². The van der Waals surface area contributed by atoms with Gasteiger partial charge in [0.2, 0.25) is 0 Å². The van der Waals surface area contributed by atoms with Crippen LogP contribution in [0.25, 0.3) is 21.6 Å². The highest BCUT2D eigenvalue weighted by Gasteiger charge is 2.13. The molecule has 3 aromatic heterocycles. The maximum Gasteiger partial charge on any atom is 0.164 e. The SMILES string of the molecule is CCc1cc2c(NCCc3ccc(OC)c(OC)c3)nc(-c3cccnc3)nc2s1. The van der Waals surface area contributed by atoms with Gasteiger partial charge in [-0.2, -0.15) is 0 Å². The van der Waals surface area contributed by atoms with Gasteiger partial charge in [-0.1, -0.05) is 13.0 Å². The lowest BCUT2D eigenvalue weighted by Gasteiger charge is -2.11. The maximum absolute atomic E-state index is 5.41. The zero-order chi connectivity index (χ0) is 20.9. The lowest BCUT2D eigenvalue weighted by atomic mass is 10.1. The van der Waals surface area contributed by atoms with Gasteiger partial charge in [0.25, 0.3) is 0 Å². The van der Waals surface area contributed by atoms with E-state index in [1.807, 2.05) is 24.3 Å². The Hall–Kier alpha value is -3.19. The smallest absolute Gasteiger partial charge is 0.164 e. The number of methoxy groups -OCH3 is 2. The Kier molecular flexibility index (Phi) is 6.09. The second kappa shape index (κ2) is 9.09. The number of pyridine rings is 1. The molecule has 1 aromatic carbocycles. The van der Waals surface area contributed by atoms with E-state index >= 15 is 0 Å². The molecule has 3 heterocycles. The van der Waals surface area contributed by atoms with Crippen molar-refractivity contribution in [3.8, 4) is 22.9 Å². The van der Waals surface area contributed by atoms with Crippen molar-refractivity contribution < 1.29 is 9.47 Å². The topological polar surface area (TPSA) is 69.2 Å². The summed E-state index contributed by atoms with van der Waals surface area (Å²) >= 11 is 1.72. The van der Waals surface area contributed by atoms with E-state index in [2.05, 4.69) is 29.4 Å². The third kappa shape index (κ3) is 4.21. The third-order valence-corrected chi connectivity index (χ3v) is 6.04.